The van der Waals surface area contributed by atoms with Crippen molar-refractivity contribution >= 4 is 9.84 Å². The number of hydrogen-bond donors (Lipinski definition) is 1. The van der Waals surface area contributed by atoms with E-state index in [0.29, 0.717) is 18.7 Å². The molecule has 1 atom stereocenters. The standard InChI is InChI=1S/C11H19N3O2S/c1-3-17(15,16)6-4-5-10(12)11-13-7-9(2)8-14-11/h7-8,10H,3-6,12H2,1-2H3. The number of nitrogens with zero attached hydrogens (tertiary/aromatic N) is 2. The average molecular weight is 257 g/mol. The first-order chi connectivity index (χ1) is 7.94. The Morgan fingerprint density at radius 2 is 1.94 bits per heavy atom. The van der Waals surface area contributed by atoms with E-state index in [1.54, 1.807) is 19.3 Å². The van der Waals surface area contributed by atoms with E-state index < -0.39 is 9.84 Å². The van der Waals surface area contributed by atoms with Crippen LogP contribution in [0.4, 0.5) is 0 Å². The van der Waals surface area contributed by atoms with Gasteiger partial charge in [-0.15, -0.1) is 0 Å². The van der Waals surface area contributed by atoms with Gasteiger partial charge in [0.05, 0.1) is 11.8 Å². The highest BCUT2D eigenvalue weighted by Crippen LogP contribution is 2.12. The topological polar surface area (TPSA) is 85.9 Å². The van der Waals surface area contributed by atoms with Gasteiger partial charge in [-0.2, -0.15) is 0 Å². The Bertz CT molecular complexity index is 442. The van der Waals surface area contributed by atoms with Crippen LogP contribution >= 0.6 is 0 Å². The Morgan fingerprint density at radius 1 is 1.35 bits per heavy atom. The Balaban J connectivity index is 2.45. The summed E-state index contributed by atoms with van der Waals surface area (Å²) < 4.78 is 22.6. The van der Waals surface area contributed by atoms with Crippen molar-refractivity contribution in [1.82, 2.24) is 9.97 Å². The summed E-state index contributed by atoms with van der Waals surface area (Å²) in [6.07, 6.45) is 4.56. The van der Waals surface area contributed by atoms with E-state index in [1.807, 2.05) is 6.92 Å². The summed E-state index contributed by atoms with van der Waals surface area (Å²) in [5.74, 6) is 0.941. The number of hydrogen-bond acceptors (Lipinski definition) is 5. The maximum Gasteiger partial charge on any atom is 0.150 e. The van der Waals surface area contributed by atoms with Crippen molar-refractivity contribution in [3.05, 3.63) is 23.8 Å². The van der Waals surface area contributed by atoms with Gasteiger partial charge in [0.1, 0.15) is 15.7 Å². The minimum absolute atomic E-state index is 0.184. The molecule has 0 aliphatic carbocycles. The van der Waals surface area contributed by atoms with Gasteiger partial charge in [0, 0.05) is 18.1 Å². The van der Waals surface area contributed by atoms with Gasteiger partial charge in [-0.3, -0.25) is 0 Å². The van der Waals surface area contributed by atoms with Crippen molar-refractivity contribution in [2.75, 3.05) is 11.5 Å². The Morgan fingerprint density at radius 3 is 2.47 bits per heavy atom. The molecule has 2 N–H and O–H groups in total. The van der Waals surface area contributed by atoms with Gasteiger partial charge in [0.25, 0.3) is 0 Å². The normalized spacial score (nSPS) is 13.6. The van der Waals surface area contributed by atoms with Crippen molar-refractivity contribution in [3.63, 3.8) is 0 Å². The molecule has 0 amide bonds. The van der Waals surface area contributed by atoms with Crippen LogP contribution in [0.15, 0.2) is 12.4 Å². The number of aromatic nitrogens is 2. The Hall–Kier alpha value is -1.01. The summed E-state index contributed by atoms with van der Waals surface area (Å²) in [6, 6.07) is -0.289. The van der Waals surface area contributed by atoms with Crippen molar-refractivity contribution in [1.29, 1.82) is 0 Å². The van der Waals surface area contributed by atoms with Crippen LogP contribution in [0.25, 0.3) is 0 Å². The maximum absolute atomic E-state index is 11.3. The third-order valence-corrected chi connectivity index (χ3v) is 4.33. The van der Waals surface area contributed by atoms with Crippen molar-refractivity contribution in [2.24, 2.45) is 5.73 Å². The van der Waals surface area contributed by atoms with Crippen LogP contribution in [0.5, 0.6) is 0 Å². The fourth-order valence-electron chi connectivity index (χ4n) is 1.39. The second-order valence-electron chi connectivity index (χ2n) is 4.10. The van der Waals surface area contributed by atoms with Crippen LogP contribution in [0.1, 0.15) is 37.2 Å². The van der Waals surface area contributed by atoms with E-state index in [9.17, 15) is 8.42 Å². The molecule has 1 unspecified atom stereocenters. The lowest BCUT2D eigenvalue weighted by Gasteiger charge is -2.09. The summed E-state index contributed by atoms with van der Waals surface area (Å²) >= 11 is 0. The lowest BCUT2D eigenvalue weighted by molar-refractivity contribution is 0.574. The van der Waals surface area contributed by atoms with Crippen LogP contribution in [-0.4, -0.2) is 29.9 Å². The summed E-state index contributed by atoms with van der Waals surface area (Å²) in [5.41, 5.74) is 6.88. The first-order valence-corrected chi connectivity index (χ1v) is 7.51. The molecule has 6 heteroatoms. The maximum atomic E-state index is 11.3. The molecule has 1 rings (SSSR count). The predicted octanol–water partition coefficient (Wildman–Crippen LogP) is 1.000. The first-order valence-electron chi connectivity index (χ1n) is 5.69. The minimum atomic E-state index is -2.90. The summed E-state index contributed by atoms with van der Waals surface area (Å²) in [7, 11) is -2.90. The smallest absolute Gasteiger partial charge is 0.150 e. The molecule has 0 aromatic carbocycles. The average Bonchev–Trinajstić information content (AvgIpc) is 2.29. The molecule has 0 bridgehead atoms. The van der Waals surface area contributed by atoms with Crippen LogP contribution < -0.4 is 5.73 Å². The molecular weight excluding hydrogens is 238 g/mol. The van der Waals surface area contributed by atoms with E-state index in [4.69, 9.17) is 5.73 Å². The molecule has 0 saturated carbocycles. The minimum Gasteiger partial charge on any atom is -0.321 e. The highest BCUT2D eigenvalue weighted by atomic mass is 32.2. The first kappa shape index (κ1) is 14.1. The Kier molecular flexibility index (Phi) is 5.02. The van der Waals surface area contributed by atoms with Crippen LogP contribution in [0.3, 0.4) is 0 Å². The van der Waals surface area contributed by atoms with E-state index in [0.717, 1.165) is 5.56 Å². The van der Waals surface area contributed by atoms with Crippen LogP contribution in [-0.2, 0) is 9.84 Å². The molecule has 1 heterocycles. The van der Waals surface area contributed by atoms with E-state index in [-0.39, 0.29) is 17.5 Å². The molecule has 0 aliphatic rings. The third-order valence-electron chi connectivity index (χ3n) is 2.54. The molecular formula is C11H19N3O2S. The molecule has 0 fully saturated rings. The monoisotopic (exact) mass is 257 g/mol. The molecule has 0 saturated heterocycles. The zero-order chi connectivity index (χ0) is 12.9. The fourth-order valence-corrected chi connectivity index (χ4v) is 2.29. The largest absolute Gasteiger partial charge is 0.321 e. The van der Waals surface area contributed by atoms with Crippen LogP contribution in [0, 0.1) is 6.92 Å². The molecule has 5 nitrogen and oxygen atoms in total. The number of sulfone groups is 1. The third kappa shape index (κ3) is 4.79. The van der Waals surface area contributed by atoms with Gasteiger partial charge in [0.2, 0.25) is 0 Å². The summed E-state index contributed by atoms with van der Waals surface area (Å²) in [4.78, 5) is 8.26. The summed E-state index contributed by atoms with van der Waals surface area (Å²) in [5, 5.41) is 0. The Labute approximate surface area is 102 Å². The lowest BCUT2D eigenvalue weighted by atomic mass is 10.1. The van der Waals surface area contributed by atoms with Crippen molar-refractivity contribution < 1.29 is 8.42 Å². The SMILES string of the molecule is CCS(=O)(=O)CCCC(N)c1ncc(C)cn1. The molecule has 0 aliphatic heterocycles. The second kappa shape index (κ2) is 6.07. The fraction of sp³-hybridized carbons (Fsp3) is 0.636. The number of rotatable bonds is 6. The molecule has 17 heavy (non-hydrogen) atoms. The van der Waals surface area contributed by atoms with E-state index in [1.165, 1.54) is 0 Å². The lowest BCUT2D eigenvalue weighted by Crippen LogP contribution is -2.16. The zero-order valence-corrected chi connectivity index (χ0v) is 11.1. The van der Waals surface area contributed by atoms with Crippen LogP contribution in [0.2, 0.25) is 0 Å². The van der Waals surface area contributed by atoms with Crippen molar-refractivity contribution in [3.8, 4) is 0 Å². The van der Waals surface area contributed by atoms with E-state index in [2.05, 4.69) is 9.97 Å². The van der Waals surface area contributed by atoms with Gasteiger partial charge >= 0.3 is 0 Å². The molecule has 1 aromatic heterocycles. The molecule has 1 aromatic rings. The zero-order valence-electron chi connectivity index (χ0n) is 10.3. The van der Waals surface area contributed by atoms with Gasteiger partial charge < -0.3 is 5.73 Å². The highest BCUT2D eigenvalue weighted by Gasteiger charge is 2.12. The number of nitrogens with two attached hydrogens (primary N) is 1. The predicted molar refractivity (Wildman–Crippen MR) is 67.3 cm³/mol. The van der Waals surface area contributed by atoms with Gasteiger partial charge in [-0.25, -0.2) is 18.4 Å². The molecule has 0 radical (unpaired) electrons. The van der Waals surface area contributed by atoms with Gasteiger partial charge in [-0.05, 0) is 25.3 Å². The van der Waals surface area contributed by atoms with Gasteiger partial charge in [0.15, 0.2) is 0 Å². The van der Waals surface area contributed by atoms with Gasteiger partial charge in [-0.1, -0.05) is 6.92 Å². The highest BCUT2D eigenvalue weighted by molar-refractivity contribution is 7.91. The molecule has 0 spiro atoms. The van der Waals surface area contributed by atoms with E-state index >= 15 is 0 Å². The second-order valence-corrected chi connectivity index (χ2v) is 6.58. The van der Waals surface area contributed by atoms with Crippen molar-refractivity contribution in [2.45, 2.75) is 32.7 Å². The summed E-state index contributed by atoms with van der Waals surface area (Å²) in [6.45, 7) is 3.56. The quantitative estimate of drug-likeness (QED) is 0.821. The number of aryl methyl sites for hydroxylation is 1. The molecule has 96 valence electrons.